The molecule has 0 bridgehead atoms. The van der Waals surface area contributed by atoms with Gasteiger partial charge in [-0.25, -0.2) is 0 Å². The molecule has 2 aromatic carbocycles. The number of rotatable bonds is 13. The van der Waals surface area contributed by atoms with Gasteiger partial charge in [0.05, 0.1) is 2.74 Å². The molecule has 2 rings (SSSR count). The second kappa shape index (κ2) is 12.9. The molecule has 26 heavy (non-hydrogen) atoms. The van der Waals surface area contributed by atoms with Gasteiger partial charge in [-0.15, -0.1) is 0 Å². The number of aliphatic carboxylic acids is 1. The van der Waals surface area contributed by atoms with Crippen LogP contribution >= 0.6 is 23.5 Å². The predicted molar refractivity (Wildman–Crippen MR) is 115 cm³/mol. The lowest BCUT2D eigenvalue weighted by atomic mass is 10.1. The maximum Gasteiger partial charge on any atom is 0.303 e. The lowest BCUT2D eigenvalue weighted by Crippen LogP contribution is -2.06. The Hall–Kier alpha value is -1.39. The first-order valence-corrected chi connectivity index (χ1v) is 11.3. The van der Waals surface area contributed by atoms with Gasteiger partial charge in [-0.2, -0.15) is 23.5 Å². The number of hydrogen-bond acceptors (Lipinski definition) is 3. The number of carboxylic acids is 1. The van der Waals surface area contributed by atoms with Gasteiger partial charge in [0.25, 0.3) is 0 Å². The van der Waals surface area contributed by atoms with Crippen LogP contribution < -0.4 is 0 Å². The molecule has 0 radical (unpaired) electrons. The fraction of sp³-hybridized carbons (Fsp3) is 0.409. The molecule has 0 heterocycles. The van der Waals surface area contributed by atoms with Crippen molar-refractivity contribution in [2.24, 2.45) is 0 Å². The predicted octanol–water partition coefficient (Wildman–Crippen LogP) is 6.26. The molecular formula is C22H28O2S2. The second-order valence-electron chi connectivity index (χ2n) is 6.21. The van der Waals surface area contributed by atoms with Gasteiger partial charge in [0.1, 0.15) is 0 Å². The number of carbonyl (C=O) groups is 1. The van der Waals surface area contributed by atoms with E-state index in [2.05, 4.69) is 24.3 Å². The van der Waals surface area contributed by atoms with E-state index < -0.39 is 5.97 Å². The smallest absolute Gasteiger partial charge is 0.303 e. The quantitative estimate of drug-likeness (QED) is 0.410. The fourth-order valence-corrected chi connectivity index (χ4v) is 5.00. The summed E-state index contributed by atoms with van der Waals surface area (Å²) in [4.78, 5) is 10.7. The average Bonchev–Trinajstić information content (AvgIpc) is 2.67. The zero-order valence-corrected chi connectivity index (χ0v) is 16.7. The van der Waals surface area contributed by atoms with Crippen molar-refractivity contribution < 1.29 is 12.6 Å². The number of unbranched alkanes of at least 4 members (excludes halogenated alkanes) is 1. The van der Waals surface area contributed by atoms with Crippen LogP contribution in [-0.4, -0.2) is 22.1 Å². The highest BCUT2D eigenvalue weighted by atomic mass is 32.2. The van der Waals surface area contributed by atoms with Crippen LogP contribution in [0.5, 0.6) is 0 Å². The molecule has 4 heteroatoms. The lowest BCUT2D eigenvalue weighted by Gasteiger charge is -2.16. The van der Waals surface area contributed by atoms with Crippen molar-refractivity contribution in [1.29, 1.82) is 0 Å². The maximum atomic E-state index is 10.7. The molecule has 0 saturated heterocycles. The summed E-state index contributed by atoms with van der Waals surface area (Å²) in [5, 5.41) is 9.34. The molecule has 2 aromatic rings. The Labute approximate surface area is 168 Å². The lowest BCUT2D eigenvalue weighted by molar-refractivity contribution is -0.137. The van der Waals surface area contributed by atoms with Crippen molar-refractivity contribution >= 4 is 29.5 Å². The molecule has 0 aliphatic carbocycles. The Morgan fingerprint density at radius 3 is 2.58 bits per heavy atom. The summed E-state index contributed by atoms with van der Waals surface area (Å²) in [6.07, 6.45) is 4.07. The van der Waals surface area contributed by atoms with Crippen LogP contribution in [0.4, 0.5) is 0 Å². The van der Waals surface area contributed by atoms with E-state index in [1.165, 1.54) is 5.56 Å². The molecule has 1 unspecified atom stereocenters. The van der Waals surface area contributed by atoms with Crippen LogP contribution in [0, 0.1) is 0 Å². The van der Waals surface area contributed by atoms with E-state index in [0.29, 0.717) is 17.3 Å². The van der Waals surface area contributed by atoms with E-state index in [1.54, 1.807) is 12.1 Å². The van der Waals surface area contributed by atoms with Gasteiger partial charge in [-0.05, 0) is 36.1 Å². The molecule has 0 spiro atoms. The van der Waals surface area contributed by atoms with Gasteiger partial charge in [0, 0.05) is 23.2 Å². The summed E-state index contributed by atoms with van der Waals surface area (Å²) >= 11 is 3.79. The van der Waals surface area contributed by atoms with Crippen LogP contribution in [-0.2, 0) is 16.3 Å². The molecule has 0 saturated carbocycles. The van der Waals surface area contributed by atoms with E-state index in [9.17, 15) is 4.79 Å². The van der Waals surface area contributed by atoms with Crippen molar-refractivity contribution in [3.8, 4) is 0 Å². The molecular weight excluding hydrogens is 360 g/mol. The van der Waals surface area contributed by atoms with Crippen molar-refractivity contribution in [1.82, 2.24) is 0 Å². The molecule has 2 nitrogen and oxygen atoms in total. The third kappa shape index (κ3) is 9.35. The second-order valence-corrected chi connectivity index (χ2v) is 8.61. The minimum Gasteiger partial charge on any atom is -0.481 e. The van der Waals surface area contributed by atoms with Gasteiger partial charge in [-0.1, -0.05) is 67.0 Å². The Balaban J connectivity index is 1.77. The maximum absolute atomic E-state index is 10.7. The summed E-state index contributed by atoms with van der Waals surface area (Å²) in [6, 6.07) is 16.5. The first-order chi connectivity index (χ1) is 13.5. The van der Waals surface area contributed by atoms with Crippen LogP contribution in [0.2, 0.25) is 0 Å². The van der Waals surface area contributed by atoms with Gasteiger partial charge in [0.2, 0.25) is 0 Å². The van der Waals surface area contributed by atoms with Crippen molar-refractivity contribution in [3.63, 3.8) is 0 Å². The number of thioether (sulfide) groups is 2. The molecule has 1 atom stereocenters. The number of benzene rings is 2. The standard InChI is InChI=1S/C22H28O2S2/c23-22(24)14-8-7-13-21(26-18-20-11-5-2-6-12-20)15-16-25-17-19-9-3-1-4-10-19/h1-6,9-12,21H,7-8,13-18H2,(H,23,24)/i1D,9D. The molecule has 0 aromatic heterocycles. The molecule has 0 aliphatic rings. The van der Waals surface area contributed by atoms with Crippen LogP contribution in [0.15, 0.2) is 60.6 Å². The van der Waals surface area contributed by atoms with E-state index in [-0.39, 0.29) is 6.42 Å². The van der Waals surface area contributed by atoms with Crippen LogP contribution in [0.3, 0.4) is 0 Å². The van der Waals surface area contributed by atoms with E-state index in [1.807, 2.05) is 35.7 Å². The largest absolute Gasteiger partial charge is 0.481 e. The van der Waals surface area contributed by atoms with E-state index in [0.717, 1.165) is 48.5 Å². The van der Waals surface area contributed by atoms with Crippen LogP contribution in [0.25, 0.3) is 0 Å². The summed E-state index contributed by atoms with van der Waals surface area (Å²) < 4.78 is 15.5. The molecule has 0 fully saturated rings. The number of hydrogen-bond donors (Lipinski definition) is 1. The Bertz CT molecular complexity index is 726. The third-order valence-corrected chi connectivity index (χ3v) is 6.54. The van der Waals surface area contributed by atoms with Gasteiger partial charge in [0.15, 0.2) is 0 Å². The molecule has 0 aliphatic heterocycles. The Morgan fingerprint density at radius 2 is 1.81 bits per heavy atom. The SMILES string of the molecule is [2H]c1ccc(CSCCC(CCCCC(=O)O)SCc2ccccc2)c([2H])c1. The highest BCUT2D eigenvalue weighted by Gasteiger charge is 2.10. The van der Waals surface area contributed by atoms with E-state index >= 15 is 0 Å². The summed E-state index contributed by atoms with van der Waals surface area (Å²) in [5.41, 5.74) is 2.31. The normalized spacial score (nSPS) is 13.1. The minimum absolute atomic E-state index is 0.253. The number of carboxylic acid groups (broad SMARTS) is 1. The highest BCUT2D eigenvalue weighted by molar-refractivity contribution is 7.99. The minimum atomic E-state index is -0.714. The monoisotopic (exact) mass is 390 g/mol. The van der Waals surface area contributed by atoms with Gasteiger partial charge in [-0.3, -0.25) is 4.79 Å². The van der Waals surface area contributed by atoms with Gasteiger partial charge < -0.3 is 5.11 Å². The summed E-state index contributed by atoms with van der Waals surface area (Å²) in [6.45, 7) is 0. The van der Waals surface area contributed by atoms with E-state index in [4.69, 9.17) is 7.85 Å². The first-order valence-electron chi connectivity index (χ1n) is 10.1. The molecule has 0 amide bonds. The fourth-order valence-electron chi connectivity index (χ4n) is 2.61. The van der Waals surface area contributed by atoms with Crippen molar-refractivity contribution in [2.75, 3.05) is 5.75 Å². The Kier molecular flexibility index (Phi) is 8.92. The average molecular weight is 391 g/mol. The zero-order chi connectivity index (χ0) is 20.2. The molecule has 1 N–H and O–H groups in total. The Morgan fingerprint density at radius 1 is 1.00 bits per heavy atom. The third-order valence-electron chi connectivity index (χ3n) is 4.06. The first kappa shape index (κ1) is 18.0. The van der Waals surface area contributed by atoms with Crippen molar-refractivity contribution in [3.05, 3.63) is 71.7 Å². The topological polar surface area (TPSA) is 37.3 Å². The highest BCUT2D eigenvalue weighted by Crippen LogP contribution is 2.27. The zero-order valence-electron chi connectivity index (χ0n) is 17.0. The van der Waals surface area contributed by atoms with Crippen molar-refractivity contribution in [2.45, 2.75) is 48.9 Å². The van der Waals surface area contributed by atoms with Gasteiger partial charge >= 0.3 is 5.97 Å². The summed E-state index contributed by atoms with van der Waals surface area (Å²) in [7, 11) is 0. The summed E-state index contributed by atoms with van der Waals surface area (Å²) in [5.74, 6) is 2.09. The molecule has 140 valence electrons. The van der Waals surface area contributed by atoms with Crippen LogP contribution in [0.1, 0.15) is 46.0 Å².